The van der Waals surface area contributed by atoms with Crippen molar-refractivity contribution in [3.8, 4) is 0 Å². The number of aliphatic hydroxyl groups is 1. The second-order valence-corrected chi connectivity index (χ2v) is 9.49. The summed E-state index contributed by atoms with van der Waals surface area (Å²) < 4.78 is 75.8. The monoisotopic (exact) mass is 550 g/mol. The van der Waals surface area contributed by atoms with Crippen LogP contribution in [0.1, 0.15) is 23.5 Å². The molecule has 0 radical (unpaired) electrons. The number of hydrogen-bond donors (Lipinski definition) is 2. The van der Waals surface area contributed by atoms with E-state index in [-0.39, 0.29) is 34.3 Å². The quantitative estimate of drug-likeness (QED) is 0.420. The lowest BCUT2D eigenvalue weighted by molar-refractivity contribution is -0.252. The largest absolute Gasteiger partial charge is 0.463 e. The molecule has 7 nitrogen and oxygen atoms in total. The van der Waals surface area contributed by atoms with Crippen LogP contribution in [-0.2, 0) is 9.53 Å². The Bertz CT molecular complexity index is 1190. The molecule has 2 aliphatic heterocycles. The molecule has 1 fully saturated rings. The normalized spacial score (nSPS) is 22.2. The minimum absolute atomic E-state index is 0.0398. The van der Waals surface area contributed by atoms with Gasteiger partial charge in [-0.3, -0.25) is 9.89 Å². The van der Waals surface area contributed by atoms with Gasteiger partial charge in [-0.05, 0) is 19.1 Å². The smallest absolute Gasteiger partial charge is 0.338 e. The second kappa shape index (κ2) is 10.0. The fourth-order valence-corrected chi connectivity index (χ4v) is 4.89. The topological polar surface area (TPSA) is 87.0 Å². The fourth-order valence-electron chi connectivity index (χ4n) is 4.04. The van der Waals surface area contributed by atoms with E-state index < -0.39 is 55.4 Å². The molecule has 0 bridgehead atoms. The third-order valence-electron chi connectivity index (χ3n) is 5.56. The van der Waals surface area contributed by atoms with Crippen molar-refractivity contribution in [1.82, 2.24) is 15.2 Å². The number of aliphatic imine (C=N–C) groups is 1. The summed E-state index contributed by atoms with van der Waals surface area (Å²) in [5.41, 5.74) is 0.00403. The van der Waals surface area contributed by atoms with E-state index in [1.165, 1.54) is 23.6 Å². The maximum atomic E-state index is 14.2. The highest BCUT2D eigenvalue weighted by Crippen LogP contribution is 2.40. The number of ether oxygens (including phenoxy) is 1. The van der Waals surface area contributed by atoms with Gasteiger partial charge in [0.2, 0.25) is 0 Å². The van der Waals surface area contributed by atoms with Crippen molar-refractivity contribution in [2.75, 3.05) is 26.2 Å². The second-order valence-electron chi connectivity index (χ2n) is 8.19. The number of piperidine rings is 1. The van der Waals surface area contributed by atoms with E-state index in [0.717, 1.165) is 17.0 Å². The molecule has 2 aromatic rings. The van der Waals surface area contributed by atoms with Crippen molar-refractivity contribution in [3.63, 3.8) is 0 Å². The molecule has 14 heteroatoms. The first-order valence-corrected chi connectivity index (χ1v) is 11.9. The van der Waals surface area contributed by atoms with Crippen LogP contribution >= 0.6 is 22.9 Å². The standard InChI is InChI=1S/C22H20ClF5N4O3S/c1-2-35-19(33)15-14(8-32-9-21(25,26)20(34)22(27,28)10-32)30-17(18-29-5-6-36-18)31-16(15)12-4-3-11(24)7-13(12)23/h3-7,16,20,34H,2,8-10H2,1H3,(H,30,31)/t16-/m0/s1. The number of benzene rings is 1. The van der Waals surface area contributed by atoms with Gasteiger partial charge in [-0.15, -0.1) is 11.3 Å². The molecule has 2 aliphatic rings. The van der Waals surface area contributed by atoms with Crippen LogP contribution in [0.15, 0.2) is 46.0 Å². The van der Waals surface area contributed by atoms with E-state index in [9.17, 15) is 31.9 Å². The predicted octanol–water partition coefficient (Wildman–Crippen LogP) is 3.79. The zero-order chi connectivity index (χ0) is 26.3. The van der Waals surface area contributed by atoms with Crippen LogP contribution in [0, 0.1) is 5.82 Å². The van der Waals surface area contributed by atoms with Crippen LogP contribution in [-0.4, -0.2) is 71.0 Å². The highest BCUT2D eigenvalue weighted by molar-refractivity contribution is 7.11. The summed E-state index contributed by atoms with van der Waals surface area (Å²) >= 11 is 7.44. The van der Waals surface area contributed by atoms with E-state index in [1.54, 1.807) is 12.3 Å². The average molecular weight is 551 g/mol. The average Bonchev–Trinajstić information content (AvgIpc) is 3.32. The van der Waals surface area contributed by atoms with Crippen LogP contribution in [0.3, 0.4) is 0 Å². The Labute approximate surface area is 211 Å². The Hall–Kier alpha value is -2.61. The van der Waals surface area contributed by atoms with Gasteiger partial charge in [0.15, 0.2) is 16.9 Å². The van der Waals surface area contributed by atoms with E-state index in [2.05, 4.69) is 15.3 Å². The molecule has 194 valence electrons. The molecule has 1 aromatic carbocycles. The van der Waals surface area contributed by atoms with Crippen LogP contribution in [0.4, 0.5) is 22.0 Å². The molecule has 0 spiro atoms. The minimum atomic E-state index is -4.10. The van der Waals surface area contributed by atoms with Gasteiger partial charge >= 0.3 is 5.97 Å². The summed E-state index contributed by atoms with van der Waals surface area (Å²) in [6.07, 6.45) is -1.65. The number of esters is 1. The number of aliphatic hydroxyl groups excluding tert-OH is 1. The Morgan fingerprint density at radius 2 is 2.00 bits per heavy atom. The van der Waals surface area contributed by atoms with Gasteiger partial charge < -0.3 is 15.2 Å². The van der Waals surface area contributed by atoms with E-state index in [0.29, 0.717) is 5.01 Å². The Kier molecular flexibility index (Phi) is 7.37. The Morgan fingerprint density at radius 1 is 1.31 bits per heavy atom. The van der Waals surface area contributed by atoms with Gasteiger partial charge in [0.25, 0.3) is 11.8 Å². The molecular formula is C22H20ClF5N4O3S. The molecule has 4 rings (SSSR count). The van der Waals surface area contributed by atoms with Crippen molar-refractivity contribution < 1.29 is 36.6 Å². The molecule has 0 unspecified atom stereocenters. The number of carbonyl (C=O) groups excluding carboxylic acids is 1. The van der Waals surface area contributed by atoms with Crippen LogP contribution in [0.25, 0.3) is 0 Å². The third-order valence-corrected chi connectivity index (χ3v) is 6.67. The summed E-state index contributed by atoms with van der Waals surface area (Å²) in [6, 6.07) is 2.26. The SMILES string of the molecule is CCOC(=O)C1=C(CN2CC(F)(F)C(O)C(F)(F)C2)NC(c2nccs2)=N[C@H]1c1ccc(F)cc1Cl. The molecule has 36 heavy (non-hydrogen) atoms. The van der Waals surface area contributed by atoms with Crippen molar-refractivity contribution in [2.24, 2.45) is 4.99 Å². The zero-order valence-electron chi connectivity index (χ0n) is 18.7. The van der Waals surface area contributed by atoms with E-state index in [1.807, 2.05) is 0 Å². The number of halogens is 6. The summed E-state index contributed by atoms with van der Waals surface area (Å²) in [5, 5.41) is 14.2. The summed E-state index contributed by atoms with van der Waals surface area (Å²) in [7, 11) is 0. The highest BCUT2D eigenvalue weighted by Gasteiger charge is 2.59. The van der Waals surface area contributed by atoms with Gasteiger partial charge in [0.1, 0.15) is 11.9 Å². The van der Waals surface area contributed by atoms with Crippen LogP contribution < -0.4 is 5.32 Å². The number of hydrogen-bond acceptors (Lipinski definition) is 8. The fraction of sp³-hybridized carbons (Fsp3) is 0.409. The molecule has 0 aliphatic carbocycles. The number of amidine groups is 1. The van der Waals surface area contributed by atoms with Crippen molar-refractivity contribution in [1.29, 1.82) is 0 Å². The van der Waals surface area contributed by atoms with Gasteiger partial charge in [-0.2, -0.15) is 0 Å². The van der Waals surface area contributed by atoms with Crippen molar-refractivity contribution in [2.45, 2.75) is 30.9 Å². The molecule has 0 amide bonds. The van der Waals surface area contributed by atoms with E-state index in [4.69, 9.17) is 16.3 Å². The summed E-state index contributed by atoms with van der Waals surface area (Å²) in [4.78, 5) is 22.4. The number of thiazole rings is 1. The van der Waals surface area contributed by atoms with Gasteiger partial charge in [0, 0.05) is 34.4 Å². The predicted molar refractivity (Wildman–Crippen MR) is 122 cm³/mol. The first kappa shape index (κ1) is 26.5. The maximum Gasteiger partial charge on any atom is 0.338 e. The lowest BCUT2D eigenvalue weighted by Crippen LogP contribution is -2.63. The van der Waals surface area contributed by atoms with Gasteiger partial charge in [0.05, 0.1) is 25.3 Å². The first-order valence-electron chi connectivity index (χ1n) is 10.7. The lowest BCUT2D eigenvalue weighted by atomic mass is 9.94. The molecule has 1 saturated heterocycles. The Morgan fingerprint density at radius 3 is 2.58 bits per heavy atom. The Balaban J connectivity index is 1.82. The maximum absolute atomic E-state index is 14.2. The number of nitrogens with one attached hydrogen (secondary N) is 1. The van der Waals surface area contributed by atoms with E-state index >= 15 is 0 Å². The summed E-state index contributed by atoms with van der Waals surface area (Å²) in [5.74, 6) is -9.60. The number of nitrogens with zero attached hydrogens (tertiary/aromatic N) is 3. The molecule has 1 aromatic heterocycles. The molecule has 3 heterocycles. The van der Waals surface area contributed by atoms with Crippen LogP contribution in [0.5, 0.6) is 0 Å². The molecule has 0 saturated carbocycles. The van der Waals surface area contributed by atoms with Crippen LogP contribution in [0.2, 0.25) is 5.02 Å². The van der Waals surface area contributed by atoms with Crippen molar-refractivity contribution in [3.05, 3.63) is 62.5 Å². The molecule has 2 N–H and O–H groups in total. The highest BCUT2D eigenvalue weighted by atomic mass is 35.5. The molecule has 1 atom stereocenters. The lowest BCUT2D eigenvalue weighted by Gasteiger charge is -2.41. The number of alkyl halides is 4. The molecular weight excluding hydrogens is 531 g/mol. The number of aromatic nitrogens is 1. The summed E-state index contributed by atoms with van der Waals surface area (Å²) in [6.45, 7) is -1.43. The number of likely N-dealkylation sites (tertiary alicyclic amines) is 1. The third kappa shape index (κ3) is 5.24. The number of rotatable bonds is 6. The van der Waals surface area contributed by atoms with Gasteiger partial charge in [-0.25, -0.2) is 31.7 Å². The van der Waals surface area contributed by atoms with Gasteiger partial charge in [-0.1, -0.05) is 17.7 Å². The number of carbonyl (C=O) groups is 1. The first-order chi connectivity index (χ1) is 16.9. The van der Waals surface area contributed by atoms with Crippen molar-refractivity contribution >= 4 is 34.7 Å². The zero-order valence-corrected chi connectivity index (χ0v) is 20.2. The minimum Gasteiger partial charge on any atom is -0.463 e.